The van der Waals surface area contributed by atoms with Crippen molar-refractivity contribution in [2.24, 2.45) is 0 Å². The van der Waals surface area contributed by atoms with E-state index in [1.165, 1.54) is 16.7 Å². The van der Waals surface area contributed by atoms with Crippen LogP contribution in [0.5, 0.6) is 0 Å². The van der Waals surface area contributed by atoms with Crippen molar-refractivity contribution in [3.8, 4) is 0 Å². The molecule has 1 aromatic rings. The number of thioether (sulfide) groups is 1. The monoisotopic (exact) mass is 386 g/mol. The number of amides is 2. The molecule has 0 fully saturated rings. The summed E-state index contributed by atoms with van der Waals surface area (Å²) in [5.41, 5.74) is 2.28. The molecule has 0 aromatic heterocycles. The Bertz CT molecular complexity index is 561. The van der Waals surface area contributed by atoms with Gasteiger partial charge in [0.15, 0.2) is 0 Å². The Kier molecular flexibility index (Phi) is 7.42. The summed E-state index contributed by atoms with van der Waals surface area (Å²) in [6.45, 7) is 7.94. The molecule has 4 nitrogen and oxygen atoms in total. The van der Waals surface area contributed by atoms with Gasteiger partial charge in [0.2, 0.25) is 11.8 Å². The lowest BCUT2D eigenvalue weighted by molar-refractivity contribution is -0.132. The van der Waals surface area contributed by atoms with Crippen LogP contribution in [0.3, 0.4) is 0 Å². The van der Waals surface area contributed by atoms with Crippen LogP contribution >= 0.6 is 27.7 Å². The predicted octanol–water partition coefficient (Wildman–Crippen LogP) is 3.14. The summed E-state index contributed by atoms with van der Waals surface area (Å²) >= 11 is 5.00. The Morgan fingerprint density at radius 1 is 1.27 bits per heavy atom. The number of carbonyl (C=O) groups is 2. The molecule has 0 spiro atoms. The van der Waals surface area contributed by atoms with E-state index in [-0.39, 0.29) is 24.4 Å². The second kappa shape index (κ2) is 8.58. The van der Waals surface area contributed by atoms with Crippen molar-refractivity contribution in [1.29, 1.82) is 0 Å². The molecule has 0 unspecified atom stereocenters. The molecule has 0 bridgehead atoms. The second-order valence-corrected chi connectivity index (χ2v) is 7.50. The summed E-state index contributed by atoms with van der Waals surface area (Å²) in [5, 5.41) is 2.78. The van der Waals surface area contributed by atoms with Crippen LogP contribution in [0.15, 0.2) is 21.5 Å². The molecule has 0 aliphatic carbocycles. The smallest absolute Gasteiger partial charge is 0.239 e. The van der Waals surface area contributed by atoms with Crippen LogP contribution in [-0.4, -0.2) is 42.1 Å². The van der Waals surface area contributed by atoms with Gasteiger partial charge in [0.1, 0.15) is 0 Å². The van der Waals surface area contributed by atoms with Gasteiger partial charge in [0, 0.05) is 22.5 Å². The second-order valence-electron chi connectivity index (χ2n) is 5.63. The molecule has 0 atom stereocenters. The Labute approximate surface area is 145 Å². The SMILES string of the molecule is Cc1cc(SCC(=O)N(C)CC(=O)NC(C)C)c(C)cc1Br. The van der Waals surface area contributed by atoms with Gasteiger partial charge in [-0.3, -0.25) is 9.59 Å². The van der Waals surface area contributed by atoms with E-state index in [1.807, 2.05) is 27.7 Å². The molecule has 0 aliphatic heterocycles. The van der Waals surface area contributed by atoms with Crippen molar-refractivity contribution < 1.29 is 9.59 Å². The molecule has 0 saturated heterocycles. The molecule has 1 rings (SSSR count). The summed E-state index contributed by atoms with van der Waals surface area (Å²) < 4.78 is 1.07. The quantitative estimate of drug-likeness (QED) is 0.763. The van der Waals surface area contributed by atoms with Crippen LogP contribution in [0.4, 0.5) is 0 Å². The van der Waals surface area contributed by atoms with E-state index in [1.54, 1.807) is 7.05 Å². The first-order chi connectivity index (χ1) is 10.2. The average molecular weight is 387 g/mol. The van der Waals surface area contributed by atoms with E-state index in [4.69, 9.17) is 0 Å². The summed E-state index contributed by atoms with van der Waals surface area (Å²) in [6, 6.07) is 4.21. The fraction of sp³-hybridized carbons (Fsp3) is 0.500. The molecule has 2 amide bonds. The highest BCUT2D eigenvalue weighted by Gasteiger charge is 2.14. The number of nitrogens with one attached hydrogen (secondary N) is 1. The van der Waals surface area contributed by atoms with Crippen LogP contribution in [0.1, 0.15) is 25.0 Å². The van der Waals surface area contributed by atoms with Gasteiger partial charge in [0.25, 0.3) is 0 Å². The number of likely N-dealkylation sites (N-methyl/N-ethyl adjacent to an activating group) is 1. The third kappa shape index (κ3) is 6.01. The number of hydrogen-bond acceptors (Lipinski definition) is 3. The van der Waals surface area contributed by atoms with Gasteiger partial charge < -0.3 is 10.2 Å². The van der Waals surface area contributed by atoms with Gasteiger partial charge in [-0.15, -0.1) is 11.8 Å². The zero-order valence-corrected chi connectivity index (χ0v) is 16.1. The van der Waals surface area contributed by atoms with Crippen LogP contribution < -0.4 is 5.32 Å². The minimum absolute atomic E-state index is 0.0520. The molecule has 0 aliphatic rings. The Balaban J connectivity index is 2.55. The lowest BCUT2D eigenvalue weighted by Crippen LogP contribution is -2.41. The lowest BCUT2D eigenvalue weighted by Gasteiger charge is -2.18. The summed E-state index contributed by atoms with van der Waals surface area (Å²) in [5.74, 6) is 0.142. The molecule has 0 heterocycles. The van der Waals surface area contributed by atoms with Crippen molar-refractivity contribution in [2.75, 3.05) is 19.3 Å². The highest BCUT2D eigenvalue weighted by Crippen LogP contribution is 2.28. The first-order valence-corrected chi connectivity index (χ1v) is 8.91. The van der Waals surface area contributed by atoms with Crippen LogP contribution in [0.25, 0.3) is 0 Å². The third-order valence-electron chi connectivity index (χ3n) is 3.06. The lowest BCUT2D eigenvalue weighted by atomic mass is 10.2. The number of halogens is 1. The van der Waals surface area contributed by atoms with E-state index in [0.29, 0.717) is 5.75 Å². The molecular formula is C16H23BrN2O2S. The standard InChI is InChI=1S/C16H23BrN2O2S/c1-10(2)18-15(20)8-19(5)16(21)9-22-14-7-11(3)13(17)6-12(14)4/h6-7,10H,8-9H2,1-5H3,(H,18,20). The summed E-state index contributed by atoms with van der Waals surface area (Å²) in [7, 11) is 1.66. The third-order valence-corrected chi connectivity index (χ3v) is 5.06. The zero-order valence-electron chi connectivity index (χ0n) is 13.7. The highest BCUT2D eigenvalue weighted by molar-refractivity contribution is 9.10. The fourth-order valence-electron chi connectivity index (χ4n) is 1.83. The maximum atomic E-state index is 12.1. The van der Waals surface area contributed by atoms with Gasteiger partial charge >= 0.3 is 0 Å². The molecule has 122 valence electrons. The number of aryl methyl sites for hydroxylation is 2. The fourth-order valence-corrected chi connectivity index (χ4v) is 3.33. The minimum atomic E-state index is -0.133. The number of nitrogens with zero attached hydrogens (tertiary/aromatic N) is 1. The van der Waals surface area contributed by atoms with E-state index >= 15 is 0 Å². The normalized spacial score (nSPS) is 10.7. The van der Waals surface area contributed by atoms with Crippen LogP contribution in [0.2, 0.25) is 0 Å². The molecule has 0 radical (unpaired) electrons. The minimum Gasteiger partial charge on any atom is -0.352 e. The first kappa shape index (κ1) is 19.0. The van der Waals surface area contributed by atoms with Gasteiger partial charge in [-0.1, -0.05) is 15.9 Å². The largest absolute Gasteiger partial charge is 0.352 e. The summed E-state index contributed by atoms with van der Waals surface area (Å²) in [6.07, 6.45) is 0. The topological polar surface area (TPSA) is 49.4 Å². The van der Waals surface area contributed by atoms with Gasteiger partial charge in [-0.25, -0.2) is 0 Å². The van der Waals surface area contributed by atoms with E-state index in [2.05, 4.69) is 33.4 Å². The number of benzene rings is 1. The average Bonchev–Trinajstić information content (AvgIpc) is 2.39. The maximum Gasteiger partial charge on any atom is 0.239 e. The summed E-state index contributed by atoms with van der Waals surface area (Å²) in [4.78, 5) is 26.3. The maximum absolute atomic E-state index is 12.1. The highest BCUT2D eigenvalue weighted by atomic mass is 79.9. The van der Waals surface area contributed by atoms with E-state index in [9.17, 15) is 9.59 Å². The number of rotatable bonds is 6. The number of carbonyl (C=O) groups excluding carboxylic acids is 2. The molecule has 22 heavy (non-hydrogen) atoms. The van der Waals surface area contributed by atoms with Crippen LogP contribution in [-0.2, 0) is 9.59 Å². The van der Waals surface area contributed by atoms with Crippen LogP contribution in [0, 0.1) is 13.8 Å². The zero-order chi connectivity index (χ0) is 16.9. The van der Waals surface area contributed by atoms with Crippen molar-refractivity contribution in [3.05, 3.63) is 27.7 Å². The first-order valence-electron chi connectivity index (χ1n) is 7.13. The van der Waals surface area contributed by atoms with Gasteiger partial charge in [0.05, 0.1) is 12.3 Å². The molecule has 1 N–H and O–H groups in total. The van der Waals surface area contributed by atoms with E-state index < -0.39 is 0 Å². The Morgan fingerprint density at radius 2 is 1.91 bits per heavy atom. The molecule has 1 aromatic carbocycles. The van der Waals surface area contributed by atoms with Crippen molar-refractivity contribution in [1.82, 2.24) is 10.2 Å². The molecule has 0 saturated carbocycles. The number of hydrogen-bond donors (Lipinski definition) is 1. The molecular weight excluding hydrogens is 364 g/mol. The van der Waals surface area contributed by atoms with Crippen molar-refractivity contribution in [2.45, 2.75) is 38.6 Å². The molecule has 6 heteroatoms. The van der Waals surface area contributed by atoms with Gasteiger partial charge in [-0.05, 0) is 51.0 Å². The Morgan fingerprint density at radius 3 is 2.50 bits per heavy atom. The Hall–Kier alpha value is -1.01. The van der Waals surface area contributed by atoms with E-state index in [0.717, 1.165) is 20.5 Å². The van der Waals surface area contributed by atoms with Crippen molar-refractivity contribution >= 4 is 39.5 Å². The van der Waals surface area contributed by atoms with Gasteiger partial charge in [-0.2, -0.15) is 0 Å². The van der Waals surface area contributed by atoms with Crippen molar-refractivity contribution in [3.63, 3.8) is 0 Å². The predicted molar refractivity (Wildman–Crippen MR) is 95.3 cm³/mol.